The lowest BCUT2D eigenvalue weighted by molar-refractivity contribution is 0.199. The second kappa shape index (κ2) is 8.54. The first kappa shape index (κ1) is 24.5. The Balaban J connectivity index is 1.76. The molecule has 2 atom stereocenters. The zero-order valence-corrected chi connectivity index (χ0v) is 21.0. The number of halogens is 2. The third-order valence-electron chi connectivity index (χ3n) is 6.75. The van der Waals surface area contributed by atoms with Crippen LogP contribution in [-0.4, -0.2) is 47.8 Å². The van der Waals surface area contributed by atoms with Crippen molar-refractivity contribution in [1.29, 1.82) is 0 Å². The molecule has 12 heteroatoms. The van der Waals surface area contributed by atoms with Gasteiger partial charge in [-0.3, -0.25) is 24.2 Å². The monoisotopic (exact) mass is 510 g/mol. The van der Waals surface area contributed by atoms with Gasteiger partial charge in [-0.1, -0.05) is 11.6 Å². The van der Waals surface area contributed by atoms with Gasteiger partial charge >= 0.3 is 6.09 Å². The normalized spacial score (nSPS) is 25.7. The van der Waals surface area contributed by atoms with E-state index in [9.17, 15) is 14.1 Å². The maximum absolute atomic E-state index is 15.2. The number of aromatic nitrogens is 2. The minimum absolute atomic E-state index is 0.00685. The van der Waals surface area contributed by atoms with Crippen molar-refractivity contribution in [3.63, 3.8) is 0 Å². The third-order valence-corrected chi connectivity index (χ3v) is 11.2. The first-order chi connectivity index (χ1) is 15.9. The Bertz CT molecular complexity index is 1240. The molecular formula is C22H28ClFN6O3S. The molecule has 0 aromatic carbocycles. The molecule has 184 valence electrons. The molecule has 4 N–H and O–H groups in total. The van der Waals surface area contributed by atoms with Crippen molar-refractivity contribution < 1.29 is 18.5 Å². The molecule has 4 rings (SSSR count). The van der Waals surface area contributed by atoms with Crippen molar-refractivity contribution >= 4 is 39.5 Å². The number of nitrogens with one attached hydrogen (secondary N) is 3. The Morgan fingerprint density at radius 3 is 2.79 bits per heavy atom. The molecule has 2 aliphatic heterocycles. The number of anilines is 1. The van der Waals surface area contributed by atoms with E-state index in [1.54, 1.807) is 33.0 Å². The van der Waals surface area contributed by atoms with Crippen molar-refractivity contribution in [2.45, 2.75) is 56.2 Å². The van der Waals surface area contributed by atoms with Gasteiger partial charge in [0, 0.05) is 12.7 Å². The predicted molar refractivity (Wildman–Crippen MR) is 131 cm³/mol. The molecule has 0 unspecified atom stereocenters. The lowest BCUT2D eigenvalue weighted by Crippen LogP contribution is -2.66. The van der Waals surface area contributed by atoms with E-state index in [4.69, 9.17) is 11.6 Å². The van der Waals surface area contributed by atoms with Crippen molar-refractivity contribution in [2.24, 2.45) is 4.99 Å². The minimum atomic E-state index is -3.24. The highest BCUT2D eigenvalue weighted by Crippen LogP contribution is 2.48. The highest BCUT2D eigenvalue weighted by molar-refractivity contribution is 8.04. The molecule has 1 amide bonds. The van der Waals surface area contributed by atoms with E-state index in [2.05, 4.69) is 30.3 Å². The van der Waals surface area contributed by atoms with Crippen LogP contribution >= 0.6 is 11.6 Å². The van der Waals surface area contributed by atoms with E-state index in [0.29, 0.717) is 30.4 Å². The number of amidine groups is 1. The van der Waals surface area contributed by atoms with Crippen LogP contribution in [0.25, 0.3) is 0 Å². The van der Waals surface area contributed by atoms with Gasteiger partial charge in [0.15, 0.2) is 0 Å². The second-order valence-electron chi connectivity index (χ2n) is 9.27. The number of rotatable bonds is 4. The second-order valence-corrected chi connectivity index (χ2v) is 13.1. The lowest BCUT2D eigenvalue weighted by atomic mass is 9.89. The third kappa shape index (κ3) is 3.95. The van der Waals surface area contributed by atoms with Crippen LogP contribution in [0.4, 0.5) is 15.0 Å². The maximum Gasteiger partial charge on any atom is 0.410 e. The molecule has 1 fully saturated rings. The van der Waals surface area contributed by atoms with Gasteiger partial charge in [0.25, 0.3) is 0 Å². The Labute approximate surface area is 203 Å². The van der Waals surface area contributed by atoms with Gasteiger partial charge < -0.3 is 10.4 Å². The van der Waals surface area contributed by atoms with E-state index in [1.165, 1.54) is 12.1 Å². The zero-order valence-electron chi connectivity index (χ0n) is 19.3. The molecule has 4 heterocycles. The predicted octanol–water partition coefficient (Wildman–Crippen LogP) is 3.16. The highest BCUT2D eigenvalue weighted by Gasteiger charge is 2.59. The Hall–Kier alpha value is -2.63. The summed E-state index contributed by atoms with van der Waals surface area (Å²) in [6, 6.07) is 4.59. The van der Waals surface area contributed by atoms with Crippen LogP contribution in [0.2, 0.25) is 5.02 Å². The number of hydrogen-bond donors (Lipinski definition) is 5. The number of aliphatic imine (C=N–C) groups is 1. The lowest BCUT2D eigenvalue weighted by Gasteiger charge is -2.50. The largest absolute Gasteiger partial charge is 0.465 e. The smallest absolute Gasteiger partial charge is 0.410 e. The molecule has 2 aromatic heterocycles. The SMILES string of the molecule is Cc1cc(Cl)cnc1CNc1ccc(F)c([C@@]2(C)N=C(NC(=O)O)C(C)(C)[SH]3(=O)NCC[C@H]23)n1. The molecule has 2 aromatic rings. The van der Waals surface area contributed by atoms with Crippen LogP contribution in [0.1, 0.15) is 44.1 Å². The first-order valence-electron chi connectivity index (χ1n) is 10.9. The Kier molecular flexibility index (Phi) is 6.16. The summed E-state index contributed by atoms with van der Waals surface area (Å²) >= 11 is 5.97. The number of carbonyl (C=O) groups is 1. The summed E-state index contributed by atoms with van der Waals surface area (Å²) in [5.74, 6) is -0.190. The molecule has 0 spiro atoms. The number of hydrogen-bond acceptors (Lipinski definition) is 6. The van der Waals surface area contributed by atoms with Crippen LogP contribution < -0.4 is 15.4 Å². The van der Waals surface area contributed by atoms with Gasteiger partial charge in [-0.2, -0.15) is 0 Å². The summed E-state index contributed by atoms with van der Waals surface area (Å²) in [5.41, 5.74) is 0.323. The van der Waals surface area contributed by atoms with Crippen molar-refractivity contribution in [1.82, 2.24) is 20.0 Å². The molecule has 0 saturated carbocycles. The van der Waals surface area contributed by atoms with Crippen LogP contribution in [0.3, 0.4) is 0 Å². The summed E-state index contributed by atoms with van der Waals surface area (Å²) in [7, 11) is -3.24. The van der Waals surface area contributed by atoms with Crippen LogP contribution in [-0.2, 0) is 22.2 Å². The fraction of sp³-hybridized carbons (Fsp3) is 0.455. The average Bonchev–Trinajstić information content (AvgIpc) is 3.17. The van der Waals surface area contributed by atoms with E-state index < -0.39 is 37.6 Å². The van der Waals surface area contributed by atoms with Gasteiger partial charge in [0.05, 0.1) is 27.3 Å². The summed E-state index contributed by atoms with van der Waals surface area (Å²) in [5, 5.41) is 14.8. The zero-order chi connectivity index (χ0) is 24.9. The highest BCUT2D eigenvalue weighted by atomic mass is 35.5. The molecule has 2 aliphatic rings. The minimum Gasteiger partial charge on any atom is -0.465 e. The van der Waals surface area contributed by atoms with Gasteiger partial charge in [-0.25, -0.2) is 14.2 Å². The average molecular weight is 511 g/mol. The summed E-state index contributed by atoms with van der Waals surface area (Å²) in [4.78, 5) is 25.0. The van der Waals surface area contributed by atoms with Gasteiger partial charge in [-0.15, -0.1) is 0 Å². The molecule has 34 heavy (non-hydrogen) atoms. The molecule has 0 radical (unpaired) electrons. The van der Waals surface area contributed by atoms with Crippen molar-refractivity contribution in [2.75, 3.05) is 11.9 Å². The van der Waals surface area contributed by atoms with Crippen LogP contribution in [0.5, 0.6) is 0 Å². The quantitative estimate of drug-likeness (QED) is 0.402. The number of nitrogens with zero attached hydrogens (tertiary/aromatic N) is 3. The Morgan fingerprint density at radius 2 is 2.12 bits per heavy atom. The van der Waals surface area contributed by atoms with Crippen molar-refractivity contribution in [3.05, 3.63) is 52.2 Å². The van der Waals surface area contributed by atoms with E-state index in [1.807, 2.05) is 6.92 Å². The van der Waals surface area contributed by atoms with E-state index >= 15 is 4.39 Å². The summed E-state index contributed by atoms with van der Waals surface area (Å²) < 4.78 is 31.4. The van der Waals surface area contributed by atoms with Crippen LogP contribution in [0.15, 0.2) is 29.4 Å². The molecule has 0 bridgehead atoms. The summed E-state index contributed by atoms with van der Waals surface area (Å²) in [6.45, 7) is 7.73. The molecule has 1 saturated heterocycles. The first-order valence-corrected chi connectivity index (χ1v) is 13.0. The van der Waals surface area contributed by atoms with Crippen molar-refractivity contribution in [3.8, 4) is 0 Å². The molecule has 0 aliphatic carbocycles. The molecule has 9 nitrogen and oxygen atoms in total. The van der Waals surface area contributed by atoms with E-state index in [0.717, 1.165) is 11.3 Å². The van der Waals surface area contributed by atoms with Gasteiger partial charge in [0.1, 0.15) is 28.7 Å². The van der Waals surface area contributed by atoms with Gasteiger partial charge in [0.2, 0.25) is 0 Å². The number of amides is 1. The van der Waals surface area contributed by atoms with Gasteiger partial charge in [-0.05, 0) is 68.0 Å². The number of carboxylic acid groups (broad SMARTS) is 1. The fourth-order valence-electron chi connectivity index (χ4n) is 4.80. The topological polar surface area (TPSA) is 129 Å². The maximum atomic E-state index is 15.2. The van der Waals surface area contributed by atoms with E-state index in [-0.39, 0.29) is 11.5 Å². The van der Waals surface area contributed by atoms with Crippen LogP contribution in [0, 0.1) is 12.7 Å². The standard InChI is InChI=1S/C22H28ClFN6O3S/c1-12-9-13(23)10-25-15(12)11-26-17-6-5-14(24)18(28-17)22(4)16-7-8-27-34(16,33)21(2,3)19(30-22)29-20(31)32/h5-6,9-10,16,34H,7-8,11H2,1-4H3,(H,26,28)(H,27,33)(H,29,30)(H,31,32)/t16-,22+/m1/s1. The number of fused-ring (bicyclic) bond motifs is 1. The number of aryl methyl sites for hydroxylation is 1. The summed E-state index contributed by atoms with van der Waals surface area (Å²) in [6.07, 6.45) is 0.720. The number of thiol groups is 1. The molecular weight excluding hydrogens is 483 g/mol. The fourth-order valence-corrected chi connectivity index (χ4v) is 8.67. The Morgan fingerprint density at radius 1 is 1.38 bits per heavy atom. The number of pyridine rings is 2.